The first-order valence-corrected chi connectivity index (χ1v) is 9.70. The van der Waals surface area contributed by atoms with Gasteiger partial charge in [-0.15, -0.1) is 0 Å². The fourth-order valence-electron chi connectivity index (χ4n) is 3.12. The van der Waals surface area contributed by atoms with Gasteiger partial charge >= 0.3 is 0 Å². The summed E-state index contributed by atoms with van der Waals surface area (Å²) in [5.41, 5.74) is 1.41. The molecular weight excluding hydrogens is 384 g/mol. The zero-order valence-electron chi connectivity index (χ0n) is 15.5. The fourth-order valence-corrected chi connectivity index (χ4v) is 4.17. The third kappa shape index (κ3) is 3.18. The lowest BCUT2D eigenvalue weighted by atomic mass is 10.1. The highest BCUT2D eigenvalue weighted by molar-refractivity contribution is 7.23. The molecule has 0 saturated carbocycles. The van der Waals surface area contributed by atoms with E-state index in [0.29, 0.717) is 36.2 Å². The maximum atomic E-state index is 14.5. The standard InChI is InChI=1S/C20H19F2N3O2S/c1-3-27-12-7-8-15-16(11-12)28-20-24-18(13-5-4-6-14(21)17(13)22)19(25(15)20)23-9-10-26-2/h4-8,11,23H,3,9-10H2,1-2H3. The number of aromatic nitrogens is 2. The minimum Gasteiger partial charge on any atom is -0.494 e. The lowest BCUT2D eigenvalue weighted by molar-refractivity contribution is 0.210. The Morgan fingerprint density at radius 1 is 1.21 bits per heavy atom. The molecule has 2 heterocycles. The topological polar surface area (TPSA) is 47.8 Å². The number of thiazole rings is 1. The summed E-state index contributed by atoms with van der Waals surface area (Å²) < 4.78 is 41.8. The third-order valence-electron chi connectivity index (χ3n) is 4.34. The first-order valence-electron chi connectivity index (χ1n) is 8.89. The van der Waals surface area contributed by atoms with Crippen molar-refractivity contribution in [3.63, 3.8) is 0 Å². The highest BCUT2D eigenvalue weighted by Crippen LogP contribution is 2.38. The number of ether oxygens (including phenoxy) is 2. The van der Waals surface area contributed by atoms with Crippen molar-refractivity contribution in [3.05, 3.63) is 48.0 Å². The van der Waals surface area contributed by atoms with Crippen LogP contribution in [-0.2, 0) is 4.74 Å². The summed E-state index contributed by atoms with van der Waals surface area (Å²) in [6.45, 7) is 3.49. The molecule has 0 atom stereocenters. The normalized spacial score (nSPS) is 11.4. The van der Waals surface area contributed by atoms with Crippen LogP contribution in [0.2, 0.25) is 0 Å². The molecule has 2 aromatic carbocycles. The molecule has 0 aliphatic heterocycles. The minimum atomic E-state index is -0.911. The van der Waals surface area contributed by atoms with Crippen molar-refractivity contribution in [2.24, 2.45) is 0 Å². The largest absolute Gasteiger partial charge is 0.494 e. The molecular formula is C20H19F2N3O2S. The van der Waals surface area contributed by atoms with E-state index in [1.165, 1.54) is 23.5 Å². The molecule has 0 radical (unpaired) electrons. The Morgan fingerprint density at radius 3 is 2.86 bits per heavy atom. The van der Waals surface area contributed by atoms with Crippen LogP contribution in [0.1, 0.15) is 6.92 Å². The summed E-state index contributed by atoms with van der Waals surface area (Å²) in [5.74, 6) is -0.425. The van der Waals surface area contributed by atoms with E-state index in [2.05, 4.69) is 10.3 Å². The van der Waals surface area contributed by atoms with E-state index >= 15 is 0 Å². The molecule has 146 valence electrons. The van der Waals surface area contributed by atoms with Crippen LogP contribution in [-0.4, -0.2) is 36.3 Å². The van der Waals surface area contributed by atoms with E-state index < -0.39 is 11.6 Å². The molecule has 1 N–H and O–H groups in total. The number of nitrogens with one attached hydrogen (secondary N) is 1. The van der Waals surface area contributed by atoms with Gasteiger partial charge in [-0.1, -0.05) is 17.4 Å². The molecule has 4 rings (SSSR count). The van der Waals surface area contributed by atoms with Crippen LogP contribution in [0.4, 0.5) is 14.6 Å². The molecule has 4 aromatic rings. The van der Waals surface area contributed by atoms with E-state index in [1.807, 2.05) is 29.5 Å². The molecule has 0 amide bonds. The Labute approximate surface area is 164 Å². The SMILES string of the molecule is CCOc1ccc2c(c1)sc1nc(-c3cccc(F)c3F)c(NCCOC)n12. The molecule has 5 nitrogen and oxygen atoms in total. The predicted octanol–water partition coefficient (Wildman–Crippen LogP) is 4.95. The van der Waals surface area contributed by atoms with Crippen molar-refractivity contribution < 1.29 is 18.3 Å². The van der Waals surface area contributed by atoms with Crippen LogP contribution in [0.25, 0.3) is 26.4 Å². The molecule has 28 heavy (non-hydrogen) atoms. The number of nitrogens with zero attached hydrogens (tertiary/aromatic N) is 2. The highest BCUT2D eigenvalue weighted by Gasteiger charge is 2.22. The summed E-state index contributed by atoms with van der Waals surface area (Å²) >= 11 is 1.47. The summed E-state index contributed by atoms with van der Waals surface area (Å²) in [6.07, 6.45) is 0. The molecule has 0 aliphatic carbocycles. The molecule has 8 heteroatoms. The van der Waals surface area contributed by atoms with Crippen molar-refractivity contribution in [2.75, 3.05) is 32.2 Å². The smallest absolute Gasteiger partial charge is 0.197 e. The van der Waals surface area contributed by atoms with Crippen molar-refractivity contribution in [1.82, 2.24) is 9.38 Å². The molecule has 0 aliphatic rings. The van der Waals surface area contributed by atoms with Gasteiger partial charge in [-0.3, -0.25) is 4.40 Å². The van der Waals surface area contributed by atoms with Gasteiger partial charge in [0.2, 0.25) is 0 Å². The number of hydrogen-bond donors (Lipinski definition) is 1. The number of fused-ring (bicyclic) bond motifs is 3. The summed E-state index contributed by atoms with van der Waals surface area (Å²) in [5, 5.41) is 3.26. The Kier molecular flexibility index (Phi) is 5.15. The van der Waals surface area contributed by atoms with Gasteiger partial charge < -0.3 is 14.8 Å². The maximum absolute atomic E-state index is 14.5. The molecule has 0 spiro atoms. The first kappa shape index (κ1) is 18.6. The summed E-state index contributed by atoms with van der Waals surface area (Å²) in [4.78, 5) is 5.29. The minimum absolute atomic E-state index is 0.120. The second kappa shape index (κ2) is 7.73. The highest BCUT2D eigenvalue weighted by atomic mass is 32.1. The lowest BCUT2D eigenvalue weighted by Gasteiger charge is -2.09. The average Bonchev–Trinajstić information content (AvgIpc) is 3.20. The van der Waals surface area contributed by atoms with E-state index in [0.717, 1.165) is 22.0 Å². The Morgan fingerprint density at radius 2 is 2.07 bits per heavy atom. The molecule has 0 saturated heterocycles. The fraction of sp³-hybridized carbons (Fsp3) is 0.250. The van der Waals surface area contributed by atoms with Gasteiger partial charge in [0.15, 0.2) is 16.6 Å². The van der Waals surface area contributed by atoms with Crippen molar-refractivity contribution >= 4 is 32.3 Å². The predicted molar refractivity (Wildman–Crippen MR) is 107 cm³/mol. The van der Waals surface area contributed by atoms with E-state index in [1.54, 1.807) is 7.11 Å². The van der Waals surface area contributed by atoms with Gasteiger partial charge in [0, 0.05) is 19.2 Å². The van der Waals surface area contributed by atoms with Gasteiger partial charge in [0.1, 0.15) is 17.3 Å². The third-order valence-corrected chi connectivity index (χ3v) is 5.34. The number of imidazole rings is 1. The summed E-state index contributed by atoms with van der Waals surface area (Å²) in [7, 11) is 1.61. The second-order valence-electron chi connectivity index (χ2n) is 6.11. The number of methoxy groups -OCH3 is 1. The second-order valence-corrected chi connectivity index (χ2v) is 7.12. The van der Waals surface area contributed by atoms with Crippen LogP contribution >= 0.6 is 11.3 Å². The lowest BCUT2D eigenvalue weighted by Crippen LogP contribution is -2.10. The number of rotatable bonds is 7. The Balaban J connectivity index is 1.92. The zero-order chi connectivity index (χ0) is 19.7. The van der Waals surface area contributed by atoms with Gasteiger partial charge in [-0.25, -0.2) is 13.8 Å². The van der Waals surface area contributed by atoms with Crippen LogP contribution in [0.5, 0.6) is 5.75 Å². The number of benzene rings is 2. The maximum Gasteiger partial charge on any atom is 0.197 e. The van der Waals surface area contributed by atoms with Gasteiger partial charge in [-0.2, -0.15) is 0 Å². The number of anilines is 1. The van der Waals surface area contributed by atoms with Gasteiger partial charge in [-0.05, 0) is 37.3 Å². The van der Waals surface area contributed by atoms with E-state index in [-0.39, 0.29) is 5.56 Å². The number of halogens is 2. The van der Waals surface area contributed by atoms with Crippen molar-refractivity contribution in [2.45, 2.75) is 6.92 Å². The monoisotopic (exact) mass is 403 g/mol. The molecule has 0 bridgehead atoms. The number of hydrogen-bond acceptors (Lipinski definition) is 5. The average molecular weight is 403 g/mol. The quantitative estimate of drug-likeness (QED) is 0.444. The molecule has 0 unspecified atom stereocenters. The zero-order valence-corrected chi connectivity index (χ0v) is 16.3. The van der Waals surface area contributed by atoms with Gasteiger partial charge in [0.05, 0.1) is 23.4 Å². The van der Waals surface area contributed by atoms with Crippen LogP contribution < -0.4 is 10.1 Å². The van der Waals surface area contributed by atoms with E-state index in [4.69, 9.17) is 9.47 Å². The van der Waals surface area contributed by atoms with Gasteiger partial charge in [0.25, 0.3) is 0 Å². The molecule has 2 aromatic heterocycles. The summed E-state index contributed by atoms with van der Waals surface area (Å²) in [6, 6.07) is 9.89. The van der Waals surface area contributed by atoms with Crippen molar-refractivity contribution in [3.8, 4) is 17.0 Å². The molecule has 0 fully saturated rings. The van der Waals surface area contributed by atoms with E-state index in [9.17, 15) is 8.78 Å². The van der Waals surface area contributed by atoms with Crippen LogP contribution in [0.3, 0.4) is 0 Å². The Hall–Kier alpha value is -2.71. The van der Waals surface area contributed by atoms with Crippen LogP contribution in [0.15, 0.2) is 36.4 Å². The Bertz CT molecular complexity index is 1140. The first-order chi connectivity index (χ1) is 13.6. The van der Waals surface area contributed by atoms with Crippen LogP contribution in [0, 0.1) is 11.6 Å². The van der Waals surface area contributed by atoms with Crippen molar-refractivity contribution in [1.29, 1.82) is 0 Å².